The highest BCUT2D eigenvalue weighted by Gasteiger charge is 2.27. The summed E-state index contributed by atoms with van der Waals surface area (Å²) in [5.74, 6) is 1.21. The summed E-state index contributed by atoms with van der Waals surface area (Å²) in [5, 5.41) is 5.10. The lowest BCUT2D eigenvalue weighted by Gasteiger charge is -2.21. The molecule has 17 heavy (non-hydrogen) atoms. The van der Waals surface area contributed by atoms with Crippen LogP contribution in [0.15, 0.2) is 11.4 Å². The van der Waals surface area contributed by atoms with Crippen molar-refractivity contribution in [3.05, 3.63) is 21.9 Å². The van der Waals surface area contributed by atoms with Crippen LogP contribution in [0.3, 0.4) is 0 Å². The van der Waals surface area contributed by atoms with Crippen LogP contribution in [-0.2, 0) is 11.2 Å². The average Bonchev–Trinajstić information content (AvgIpc) is 2.82. The van der Waals surface area contributed by atoms with Crippen molar-refractivity contribution in [2.75, 3.05) is 18.8 Å². The van der Waals surface area contributed by atoms with Gasteiger partial charge in [-0.05, 0) is 48.6 Å². The fraction of sp³-hybridized carbons (Fsp3) is 0.583. The van der Waals surface area contributed by atoms with E-state index >= 15 is 0 Å². The molecule has 1 aromatic heterocycles. The van der Waals surface area contributed by atoms with E-state index in [1.165, 1.54) is 10.4 Å². The molecular weight excluding hydrogens is 252 g/mol. The minimum Gasteiger partial charge on any atom is -0.355 e. The lowest BCUT2D eigenvalue weighted by Crippen LogP contribution is -2.30. The Balaban J connectivity index is 1.89. The summed E-state index contributed by atoms with van der Waals surface area (Å²) in [5.41, 5.74) is 6.65. The highest BCUT2D eigenvalue weighted by atomic mass is 32.2. The van der Waals surface area contributed by atoms with Crippen molar-refractivity contribution < 1.29 is 4.79 Å². The van der Waals surface area contributed by atoms with Gasteiger partial charge in [0.25, 0.3) is 0 Å². The van der Waals surface area contributed by atoms with Crippen LogP contribution >= 0.6 is 23.1 Å². The zero-order valence-electron chi connectivity index (χ0n) is 9.78. The maximum Gasteiger partial charge on any atom is 0.237 e. The molecule has 0 saturated carbocycles. The van der Waals surface area contributed by atoms with Crippen LogP contribution in [0.2, 0.25) is 0 Å². The van der Waals surface area contributed by atoms with Crippen LogP contribution in [0.4, 0.5) is 0 Å². The normalized spacial score (nSPS) is 18.8. The second-order valence-electron chi connectivity index (χ2n) is 4.09. The summed E-state index contributed by atoms with van der Waals surface area (Å²) in [4.78, 5) is 13.4. The third kappa shape index (κ3) is 3.24. The molecule has 5 heteroatoms. The number of fused-ring (bicyclic) bond motifs is 1. The Morgan fingerprint density at radius 3 is 3.24 bits per heavy atom. The van der Waals surface area contributed by atoms with Crippen molar-refractivity contribution in [2.24, 2.45) is 5.73 Å². The molecule has 0 radical (unpaired) electrons. The summed E-state index contributed by atoms with van der Waals surface area (Å²) < 4.78 is 0. The van der Waals surface area contributed by atoms with Crippen LogP contribution in [0.25, 0.3) is 0 Å². The Morgan fingerprint density at radius 1 is 1.53 bits per heavy atom. The Bertz CT molecular complexity index is 378. The molecule has 94 valence electrons. The Hall–Kier alpha value is -0.520. The maximum atomic E-state index is 12.1. The Kier molecular flexibility index (Phi) is 4.88. The van der Waals surface area contributed by atoms with E-state index < -0.39 is 0 Å². The van der Waals surface area contributed by atoms with E-state index in [-0.39, 0.29) is 11.2 Å². The van der Waals surface area contributed by atoms with Crippen molar-refractivity contribution in [1.82, 2.24) is 5.32 Å². The Labute approximate surface area is 110 Å². The van der Waals surface area contributed by atoms with Gasteiger partial charge in [0.15, 0.2) is 0 Å². The zero-order chi connectivity index (χ0) is 12.1. The fourth-order valence-electron chi connectivity index (χ4n) is 1.94. The first-order chi connectivity index (χ1) is 8.33. The number of rotatable bonds is 5. The standard InChI is InChI=1S/C12H18N2OS2/c13-5-1-2-6-14-12(15)11-9-3-7-16-10(9)4-8-17-11/h3,7,11H,1-2,4-6,8,13H2,(H,14,15). The van der Waals surface area contributed by atoms with Gasteiger partial charge < -0.3 is 11.1 Å². The quantitative estimate of drug-likeness (QED) is 0.804. The first-order valence-electron chi connectivity index (χ1n) is 5.98. The van der Waals surface area contributed by atoms with Gasteiger partial charge in [0.2, 0.25) is 5.91 Å². The third-order valence-electron chi connectivity index (χ3n) is 2.84. The number of carbonyl (C=O) groups is 1. The van der Waals surface area contributed by atoms with Crippen LogP contribution in [-0.4, -0.2) is 24.7 Å². The van der Waals surface area contributed by atoms with E-state index in [1.54, 1.807) is 23.1 Å². The molecule has 3 N–H and O–H groups in total. The van der Waals surface area contributed by atoms with Gasteiger partial charge in [0.1, 0.15) is 5.25 Å². The Morgan fingerprint density at radius 2 is 2.41 bits per heavy atom. The second-order valence-corrected chi connectivity index (χ2v) is 6.30. The lowest BCUT2D eigenvalue weighted by molar-refractivity contribution is -0.120. The number of hydrogen-bond donors (Lipinski definition) is 2. The van der Waals surface area contributed by atoms with Gasteiger partial charge in [-0.2, -0.15) is 0 Å². The van der Waals surface area contributed by atoms with Crippen LogP contribution in [0.1, 0.15) is 28.5 Å². The summed E-state index contributed by atoms with van der Waals surface area (Å²) in [6.07, 6.45) is 3.05. The van der Waals surface area contributed by atoms with Gasteiger partial charge in [-0.3, -0.25) is 4.79 Å². The number of thioether (sulfide) groups is 1. The van der Waals surface area contributed by atoms with Crippen LogP contribution < -0.4 is 11.1 Å². The summed E-state index contributed by atoms with van der Waals surface area (Å²) >= 11 is 3.52. The van der Waals surface area contributed by atoms with Crippen molar-refractivity contribution in [3.8, 4) is 0 Å². The van der Waals surface area contributed by atoms with E-state index in [2.05, 4.69) is 16.8 Å². The van der Waals surface area contributed by atoms with Gasteiger partial charge in [-0.15, -0.1) is 23.1 Å². The number of nitrogens with two attached hydrogens (primary N) is 1. The van der Waals surface area contributed by atoms with E-state index in [0.29, 0.717) is 6.54 Å². The van der Waals surface area contributed by atoms with E-state index in [9.17, 15) is 4.79 Å². The number of thiophene rings is 1. The van der Waals surface area contributed by atoms with Crippen molar-refractivity contribution in [2.45, 2.75) is 24.5 Å². The van der Waals surface area contributed by atoms with Crippen LogP contribution in [0, 0.1) is 0 Å². The molecule has 0 aliphatic carbocycles. The number of aryl methyl sites for hydroxylation is 1. The molecule has 0 aromatic carbocycles. The highest BCUT2D eigenvalue weighted by Crippen LogP contribution is 2.39. The average molecular weight is 270 g/mol. The zero-order valence-corrected chi connectivity index (χ0v) is 11.4. The molecule has 2 rings (SSSR count). The minimum atomic E-state index is 0.00266. The minimum absolute atomic E-state index is 0.00266. The van der Waals surface area contributed by atoms with E-state index in [4.69, 9.17) is 5.73 Å². The first-order valence-corrected chi connectivity index (χ1v) is 7.91. The topological polar surface area (TPSA) is 55.1 Å². The molecule has 1 aliphatic heterocycles. The summed E-state index contributed by atoms with van der Waals surface area (Å²) in [6, 6.07) is 2.09. The molecule has 3 nitrogen and oxygen atoms in total. The molecule has 2 heterocycles. The molecule has 0 spiro atoms. The summed E-state index contributed by atoms with van der Waals surface area (Å²) in [7, 11) is 0. The molecule has 0 saturated heterocycles. The molecule has 1 aromatic rings. The molecule has 1 unspecified atom stereocenters. The van der Waals surface area contributed by atoms with Gasteiger partial charge in [0.05, 0.1) is 0 Å². The molecule has 1 atom stereocenters. The van der Waals surface area contributed by atoms with Crippen molar-refractivity contribution in [3.63, 3.8) is 0 Å². The van der Waals surface area contributed by atoms with Crippen LogP contribution in [0.5, 0.6) is 0 Å². The van der Waals surface area contributed by atoms with Gasteiger partial charge in [-0.25, -0.2) is 0 Å². The largest absolute Gasteiger partial charge is 0.355 e. The number of hydrogen-bond acceptors (Lipinski definition) is 4. The summed E-state index contributed by atoms with van der Waals surface area (Å²) in [6.45, 7) is 1.44. The second kappa shape index (κ2) is 6.42. The first kappa shape index (κ1) is 12.9. The molecular formula is C12H18N2OS2. The van der Waals surface area contributed by atoms with Gasteiger partial charge in [-0.1, -0.05) is 0 Å². The number of nitrogens with one attached hydrogen (secondary N) is 1. The number of carbonyl (C=O) groups excluding carboxylic acids is 1. The van der Waals surface area contributed by atoms with E-state index in [0.717, 1.165) is 31.6 Å². The van der Waals surface area contributed by atoms with E-state index in [1.807, 2.05) is 0 Å². The molecule has 0 bridgehead atoms. The fourth-order valence-corrected chi connectivity index (χ4v) is 4.25. The third-order valence-corrected chi connectivity index (χ3v) is 5.08. The lowest BCUT2D eigenvalue weighted by atomic mass is 10.1. The molecule has 0 fully saturated rings. The van der Waals surface area contributed by atoms with Crippen molar-refractivity contribution >= 4 is 29.0 Å². The highest BCUT2D eigenvalue weighted by molar-refractivity contribution is 8.00. The molecule has 1 aliphatic rings. The van der Waals surface area contributed by atoms with Crippen molar-refractivity contribution in [1.29, 1.82) is 0 Å². The van der Waals surface area contributed by atoms with Gasteiger partial charge >= 0.3 is 0 Å². The molecule has 1 amide bonds. The predicted octanol–water partition coefficient (Wildman–Crippen LogP) is 1.93. The smallest absolute Gasteiger partial charge is 0.237 e. The number of amides is 1. The number of unbranched alkanes of at least 4 members (excludes halogenated alkanes) is 1. The maximum absolute atomic E-state index is 12.1. The SMILES string of the molecule is NCCCCNC(=O)C1SCCc2sccc21. The predicted molar refractivity (Wildman–Crippen MR) is 74.5 cm³/mol. The van der Waals surface area contributed by atoms with Gasteiger partial charge in [0, 0.05) is 11.4 Å². The monoisotopic (exact) mass is 270 g/mol.